The molecule has 1 aromatic rings. The van der Waals surface area contributed by atoms with Crippen LogP contribution in [-0.2, 0) is 16.1 Å². The first kappa shape index (κ1) is 17.8. The van der Waals surface area contributed by atoms with Crippen molar-refractivity contribution in [3.05, 3.63) is 34.9 Å². The van der Waals surface area contributed by atoms with Gasteiger partial charge in [-0.05, 0) is 37.0 Å². The van der Waals surface area contributed by atoms with Gasteiger partial charge in [-0.1, -0.05) is 12.5 Å². The maximum atomic E-state index is 12.8. The van der Waals surface area contributed by atoms with Crippen LogP contribution < -0.4 is 16.4 Å². The molecule has 0 bridgehead atoms. The number of hydrogen-bond acceptors (Lipinski definition) is 6. The molecule has 0 spiro atoms. The molecule has 8 heteroatoms. The number of carbonyl (C=O) groups is 4. The Kier molecular flexibility index (Phi) is 4.53. The molecule has 1 aromatic carbocycles. The Morgan fingerprint density at radius 2 is 1.85 bits per heavy atom. The molecule has 1 aliphatic carbocycles. The van der Waals surface area contributed by atoms with Crippen LogP contribution in [0.1, 0.15) is 58.4 Å². The van der Waals surface area contributed by atoms with E-state index in [-0.39, 0.29) is 30.8 Å². The van der Waals surface area contributed by atoms with Gasteiger partial charge in [-0.3, -0.25) is 29.4 Å². The Hall–Kier alpha value is -2.58. The molecular weight excluding hydrogens is 348 g/mol. The first-order valence-corrected chi connectivity index (χ1v) is 9.29. The maximum Gasteiger partial charge on any atom is 0.262 e. The van der Waals surface area contributed by atoms with Crippen LogP contribution in [-0.4, -0.2) is 46.7 Å². The van der Waals surface area contributed by atoms with E-state index in [1.54, 1.807) is 12.1 Å². The van der Waals surface area contributed by atoms with Crippen LogP contribution in [0.3, 0.4) is 0 Å². The number of piperidine rings is 1. The van der Waals surface area contributed by atoms with Crippen molar-refractivity contribution in [2.45, 2.75) is 56.8 Å². The average Bonchev–Trinajstić information content (AvgIpc) is 3.15. The van der Waals surface area contributed by atoms with Crippen LogP contribution in [0, 0.1) is 0 Å². The molecule has 1 saturated heterocycles. The SMILES string of the molecule is N[C@H]1CCC[C@H]1NCc1ccc2c(c1)C(=O)N(C1CCC(=O)NC1=O)C2=O. The van der Waals surface area contributed by atoms with Crippen LogP contribution in [0.4, 0.5) is 0 Å². The molecule has 1 unspecified atom stereocenters. The third kappa shape index (κ3) is 3.15. The lowest BCUT2D eigenvalue weighted by Crippen LogP contribution is -2.54. The van der Waals surface area contributed by atoms with E-state index in [0.717, 1.165) is 29.7 Å². The molecule has 2 fully saturated rings. The standard InChI is InChI=1S/C19H22N4O4/c20-13-2-1-3-14(13)21-9-10-4-5-11-12(8-10)19(27)23(18(11)26)15-6-7-16(24)22-17(15)25/h4-5,8,13-15,21H,1-3,6-7,9,20H2,(H,22,24,25)/t13-,14+,15?/m0/s1. The molecule has 0 radical (unpaired) electrons. The molecule has 2 heterocycles. The number of hydrogen-bond donors (Lipinski definition) is 3. The third-order valence-electron chi connectivity index (χ3n) is 5.64. The lowest BCUT2D eigenvalue weighted by Gasteiger charge is -2.27. The minimum atomic E-state index is -0.937. The molecule has 3 atom stereocenters. The second-order valence-electron chi connectivity index (χ2n) is 7.41. The molecule has 4 amide bonds. The molecule has 27 heavy (non-hydrogen) atoms. The quantitative estimate of drug-likeness (QED) is 0.644. The first-order valence-electron chi connectivity index (χ1n) is 9.29. The topological polar surface area (TPSA) is 122 Å². The van der Waals surface area contributed by atoms with Crippen molar-refractivity contribution in [2.24, 2.45) is 5.73 Å². The molecule has 4 N–H and O–H groups in total. The van der Waals surface area contributed by atoms with Gasteiger partial charge >= 0.3 is 0 Å². The highest BCUT2D eigenvalue weighted by molar-refractivity contribution is 6.23. The van der Waals surface area contributed by atoms with E-state index in [1.165, 1.54) is 0 Å². The maximum absolute atomic E-state index is 12.8. The highest BCUT2D eigenvalue weighted by Gasteiger charge is 2.44. The van der Waals surface area contributed by atoms with Crippen molar-refractivity contribution >= 4 is 23.6 Å². The van der Waals surface area contributed by atoms with Crippen LogP contribution in [0.5, 0.6) is 0 Å². The van der Waals surface area contributed by atoms with Gasteiger partial charge in [-0.2, -0.15) is 0 Å². The largest absolute Gasteiger partial charge is 0.326 e. The van der Waals surface area contributed by atoms with E-state index in [0.29, 0.717) is 17.7 Å². The Labute approximate surface area is 156 Å². The van der Waals surface area contributed by atoms with Crippen molar-refractivity contribution in [1.82, 2.24) is 15.5 Å². The van der Waals surface area contributed by atoms with E-state index in [1.807, 2.05) is 6.07 Å². The summed E-state index contributed by atoms with van der Waals surface area (Å²) in [6, 6.07) is 4.61. The minimum Gasteiger partial charge on any atom is -0.326 e. The van der Waals surface area contributed by atoms with Gasteiger partial charge in [0, 0.05) is 25.0 Å². The minimum absolute atomic E-state index is 0.112. The predicted octanol–water partition coefficient (Wildman–Crippen LogP) is 0.0572. The third-order valence-corrected chi connectivity index (χ3v) is 5.64. The van der Waals surface area contributed by atoms with Gasteiger partial charge in [0.2, 0.25) is 11.8 Å². The molecule has 2 aliphatic heterocycles. The fraction of sp³-hybridized carbons (Fsp3) is 0.474. The van der Waals surface area contributed by atoms with Crippen LogP contribution in [0.2, 0.25) is 0 Å². The zero-order valence-corrected chi connectivity index (χ0v) is 14.9. The van der Waals surface area contributed by atoms with Gasteiger partial charge in [0.1, 0.15) is 6.04 Å². The predicted molar refractivity (Wildman–Crippen MR) is 95.6 cm³/mol. The summed E-state index contributed by atoms with van der Waals surface area (Å²) in [6.07, 6.45) is 3.42. The van der Waals surface area contributed by atoms with Gasteiger partial charge < -0.3 is 11.1 Å². The van der Waals surface area contributed by atoms with Crippen molar-refractivity contribution in [3.8, 4) is 0 Å². The van der Waals surface area contributed by atoms with Gasteiger partial charge in [0.15, 0.2) is 0 Å². The normalized spacial score (nSPS) is 27.9. The molecule has 4 rings (SSSR count). The number of benzene rings is 1. The van der Waals surface area contributed by atoms with E-state index in [2.05, 4.69) is 10.6 Å². The van der Waals surface area contributed by atoms with Gasteiger partial charge in [-0.25, -0.2) is 0 Å². The molecule has 1 saturated carbocycles. The molecule has 3 aliphatic rings. The van der Waals surface area contributed by atoms with E-state index >= 15 is 0 Å². The monoisotopic (exact) mass is 370 g/mol. The summed E-state index contributed by atoms with van der Waals surface area (Å²) < 4.78 is 0. The highest BCUT2D eigenvalue weighted by Crippen LogP contribution is 2.28. The number of fused-ring (bicyclic) bond motifs is 1. The average molecular weight is 370 g/mol. The van der Waals surface area contributed by atoms with Gasteiger partial charge in [0.05, 0.1) is 11.1 Å². The van der Waals surface area contributed by atoms with Crippen LogP contribution >= 0.6 is 0 Å². The number of imide groups is 2. The fourth-order valence-electron chi connectivity index (χ4n) is 4.12. The Morgan fingerprint density at radius 1 is 1.07 bits per heavy atom. The molecule has 8 nitrogen and oxygen atoms in total. The number of nitrogens with one attached hydrogen (secondary N) is 2. The molecule has 142 valence electrons. The van der Waals surface area contributed by atoms with Crippen molar-refractivity contribution in [2.75, 3.05) is 0 Å². The number of rotatable bonds is 4. The summed E-state index contributed by atoms with van der Waals surface area (Å²) in [4.78, 5) is 49.9. The summed E-state index contributed by atoms with van der Waals surface area (Å²) in [5.74, 6) is -1.95. The smallest absolute Gasteiger partial charge is 0.262 e. The summed E-state index contributed by atoms with van der Waals surface area (Å²) in [7, 11) is 0. The Bertz CT molecular complexity index is 837. The van der Waals surface area contributed by atoms with Crippen LogP contribution in [0.15, 0.2) is 18.2 Å². The number of nitrogens with zero attached hydrogens (tertiary/aromatic N) is 1. The van der Waals surface area contributed by atoms with Gasteiger partial charge in [0.25, 0.3) is 11.8 Å². The van der Waals surface area contributed by atoms with E-state index in [4.69, 9.17) is 5.73 Å². The van der Waals surface area contributed by atoms with Crippen LogP contribution in [0.25, 0.3) is 0 Å². The van der Waals surface area contributed by atoms with Crippen molar-refractivity contribution < 1.29 is 19.2 Å². The second kappa shape index (κ2) is 6.86. The lowest BCUT2D eigenvalue weighted by molar-refractivity contribution is -0.136. The number of carbonyl (C=O) groups excluding carboxylic acids is 4. The van der Waals surface area contributed by atoms with E-state index < -0.39 is 23.8 Å². The number of nitrogens with two attached hydrogens (primary N) is 1. The number of amides is 4. The zero-order chi connectivity index (χ0) is 19.1. The summed E-state index contributed by atoms with van der Waals surface area (Å²) in [6.45, 7) is 0.561. The molecule has 0 aromatic heterocycles. The summed E-state index contributed by atoms with van der Waals surface area (Å²) >= 11 is 0. The Morgan fingerprint density at radius 3 is 2.56 bits per heavy atom. The van der Waals surface area contributed by atoms with Crippen molar-refractivity contribution in [1.29, 1.82) is 0 Å². The van der Waals surface area contributed by atoms with E-state index in [9.17, 15) is 19.2 Å². The fourth-order valence-corrected chi connectivity index (χ4v) is 4.12. The van der Waals surface area contributed by atoms with Crippen molar-refractivity contribution in [3.63, 3.8) is 0 Å². The lowest BCUT2D eigenvalue weighted by atomic mass is 10.0. The zero-order valence-electron chi connectivity index (χ0n) is 14.9. The van der Waals surface area contributed by atoms with Gasteiger partial charge in [-0.15, -0.1) is 0 Å². The molecular formula is C19H22N4O4. The highest BCUT2D eigenvalue weighted by atomic mass is 16.2. The summed E-state index contributed by atoms with van der Waals surface area (Å²) in [5.41, 5.74) is 7.56. The first-order chi connectivity index (χ1) is 13.0. The summed E-state index contributed by atoms with van der Waals surface area (Å²) in [5, 5.41) is 5.61. The second-order valence-corrected chi connectivity index (χ2v) is 7.41. The Balaban J connectivity index is 1.51.